The molecule has 8 heteroatoms. The Bertz CT molecular complexity index is 428. The van der Waals surface area contributed by atoms with Crippen LogP contribution in [-0.2, 0) is 28.5 Å². The van der Waals surface area contributed by atoms with Crippen molar-refractivity contribution in [3.8, 4) is 0 Å². The lowest BCUT2D eigenvalue weighted by molar-refractivity contribution is -0.267. The average molecular weight is 282 g/mol. The van der Waals surface area contributed by atoms with E-state index in [1.165, 1.54) is 6.92 Å². The van der Waals surface area contributed by atoms with E-state index in [-0.39, 0.29) is 6.61 Å². The fourth-order valence-corrected chi connectivity index (χ4v) is 2.62. The van der Waals surface area contributed by atoms with Crippen LogP contribution in [0.25, 0.3) is 0 Å². The lowest BCUT2D eigenvalue weighted by atomic mass is 10.1. The number of rotatable bonds is 3. The summed E-state index contributed by atoms with van der Waals surface area (Å²) in [7, 11) is -3.56. The van der Waals surface area contributed by atoms with E-state index in [0.717, 1.165) is 6.26 Å². The van der Waals surface area contributed by atoms with E-state index in [1.54, 1.807) is 13.8 Å². The maximum atomic E-state index is 11.0. The standard InChI is InChI=1S/C10H18O7S/c1-9(2)16-7-6(5-14-18(4,12)13)15-10(3,11)8(7)17-9/h6-8,11H,5H2,1-4H3/t6?,7?,8-,10?/m1/s1. The molecular formula is C10H18O7S. The van der Waals surface area contributed by atoms with Gasteiger partial charge < -0.3 is 19.3 Å². The minimum Gasteiger partial charge on any atom is -0.364 e. The quantitative estimate of drug-likeness (QED) is 0.703. The maximum Gasteiger partial charge on any atom is 0.264 e. The minimum atomic E-state index is -3.56. The predicted octanol–water partition coefficient (Wildman–Crippen LogP) is -0.410. The molecule has 2 heterocycles. The highest BCUT2D eigenvalue weighted by molar-refractivity contribution is 7.85. The van der Waals surface area contributed by atoms with E-state index in [9.17, 15) is 13.5 Å². The van der Waals surface area contributed by atoms with E-state index < -0.39 is 40.0 Å². The first-order valence-electron chi connectivity index (χ1n) is 5.60. The molecule has 0 saturated carbocycles. The van der Waals surface area contributed by atoms with Gasteiger partial charge in [0, 0.05) is 0 Å². The van der Waals surface area contributed by atoms with E-state index in [4.69, 9.17) is 14.2 Å². The summed E-state index contributed by atoms with van der Waals surface area (Å²) in [5, 5.41) is 10.1. The van der Waals surface area contributed by atoms with E-state index in [2.05, 4.69) is 4.18 Å². The Balaban J connectivity index is 2.10. The molecule has 0 bridgehead atoms. The summed E-state index contributed by atoms with van der Waals surface area (Å²) in [6.07, 6.45) is -0.966. The van der Waals surface area contributed by atoms with Gasteiger partial charge in [-0.15, -0.1) is 0 Å². The molecule has 2 fully saturated rings. The molecule has 0 amide bonds. The smallest absolute Gasteiger partial charge is 0.264 e. The van der Waals surface area contributed by atoms with Gasteiger partial charge >= 0.3 is 0 Å². The van der Waals surface area contributed by atoms with Crippen molar-refractivity contribution in [1.82, 2.24) is 0 Å². The van der Waals surface area contributed by atoms with Gasteiger partial charge in [0.25, 0.3) is 10.1 Å². The monoisotopic (exact) mass is 282 g/mol. The molecule has 106 valence electrons. The Morgan fingerprint density at radius 2 is 1.83 bits per heavy atom. The topological polar surface area (TPSA) is 91.3 Å². The summed E-state index contributed by atoms with van der Waals surface area (Å²) in [5.74, 6) is -2.36. The second-order valence-corrected chi connectivity index (χ2v) is 6.86. The van der Waals surface area contributed by atoms with E-state index in [0.29, 0.717) is 0 Å². The molecule has 2 aliphatic heterocycles. The van der Waals surface area contributed by atoms with Crippen molar-refractivity contribution in [3.05, 3.63) is 0 Å². The van der Waals surface area contributed by atoms with Crippen molar-refractivity contribution in [3.63, 3.8) is 0 Å². The molecule has 2 aliphatic rings. The molecule has 0 aliphatic carbocycles. The van der Waals surface area contributed by atoms with Crippen LogP contribution in [0.15, 0.2) is 0 Å². The molecule has 0 radical (unpaired) electrons. The third kappa shape index (κ3) is 2.84. The highest BCUT2D eigenvalue weighted by Gasteiger charge is 2.60. The van der Waals surface area contributed by atoms with Gasteiger partial charge in [0.15, 0.2) is 11.6 Å². The summed E-state index contributed by atoms with van der Waals surface area (Å²) in [4.78, 5) is 0. The fourth-order valence-electron chi connectivity index (χ4n) is 2.24. The zero-order chi connectivity index (χ0) is 13.8. The molecule has 0 aromatic carbocycles. The molecule has 0 aromatic rings. The van der Waals surface area contributed by atoms with Crippen LogP contribution in [0.1, 0.15) is 20.8 Å². The maximum absolute atomic E-state index is 11.0. The van der Waals surface area contributed by atoms with Gasteiger partial charge in [-0.25, -0.2) is 0 Å². The second kappa shape index (κ2) is 4.12. The van der Waals surface area contributed by atoms with Crippen LogP contribution in [0.5, 0.6) is 0 Å². The lowest BCUT2D eigenvalue weighted by Gasteiger charge is -2.26. The Morgan fingerprint density at radius 3 is 2.39 bits per heavy atom. The number of hydrogen-bond acceptors (Lipinski definition) is 7. The molecule has 2 rings (SSSR count). The number of fused-ring (bicyclic) bond motifs is 1. The fraction of sp³-hybridized carbons (Fsp3) is 1.00. The van der Waals surface area contributed by atoms with Gasteiger partial charge in [-0.1, -0.05) is 0 Å². The molecular weight excluding hydrogens is 264 g/mol. The van der Waals surface area contributed by atoms with E-state index in [1.807, 2.05) is 0 Å². The molecule has 0 aromatic heterocycles. The minimum absolute atomic E-state index is 0.213. The Kier molecular flexibility index (Phi) is 3.24. The van der Waals surface area contributed by atoms with Crippen molar-refractivity contribution >= 4 is 10.1 Å². The highest BCUT2D eigenvalue weighted by atomic mass is 32.2. The molecule has 0 spiro atoms. The average Bonchev–Trinajstić information content (AvgIpc) is 2.57. The summed E-state index contributed by atoms with van der Waals surface area (Å²) in [6.45, 7) is 4.68. The van der Waals surface area contributed by atoms with Gasteiger partial charge in [-0.2, -0.15) is 8.42 Å². The van der Waals surface area contributed by atoms with Crippen molar-refractivity contribution < 1.29 is 31.9 Å². The van der Waals surface area contributed by atoms with Gasteiger partial charge in [-0.3, -0.25) is 4.18 Å². The number of hydrogen-bond donors (Lipinski definition) is 1. The molecule has 7 nitrogen and oxygen atoms in total. The van der Waals surface area contributed by atoms with Crippen LogP contribution >= 0.6 is 0 Å². The van der Waals surface area contributed by atoms with Gasteiger partial charge in [0.2, 0.25) is 0 Å². The van der Waals surface area contributed by atoms with Crippen LogP contribution in [0.2, 0.25) is 0 Å². The van der Waals surface area contributed by atoms with Crippen LogP contribution in [0.4, 0.5) is 0 Å². The Morgan fingerprint density at radius 1 is 1.22 bits per heavy atom. The summed E-state index contributed by atoms with van der Waals surface area (Å²) >= 11 is 0. The third-order valence-corrected chi connectivity index (χ3v) is 3.42. The van der Waals surface area contributed by atoms with Crippen LogP contribution in [0.3, 0.4) is 0 Å². The molecule has 1 N–H and O–H groups in total. The van der Waals surface area contributed by atoms with E-state index >= 15 is 0 Å². The summed E-state index contributed by atoms with van der Waals surface area (Å²) < 4.78 is 43.1. The van der Waals surface area contributed by atoms with Crippen LogP contribution < -0.4 is 0 Å². The first kappa shape index (κ1) is 14.2. The lowest BCUT2D eigenvalue weighted by Crippen LogP contribution is -2.40. The SMILES string of the molecule is CC1(C)OC2C(COS(C)(=O)=O)OC(C)(O)[C@@H]2O1. The van der Waals surface area contributed by atoms with Gasteiger partial charge in [0.1, 0.15) is 18.3 Å². The normalized spacial score (nSPS) is 43.1. The first-order chi connectivity index (χ1) is 8.00. The highest BCUT2D eigenvalue weighted by Crippen LogP contribution is 2.42. The Hall–Kier alpha value is -0.250. The number of ether oxygens (including phenoxy) is 3. The zero-order valence-electron chi connectivity index (χ0n) is 10.7. The Labute approximate surface area is 106 Å². The second-order valence-electron chi connectivity index (χ2n) is 5.22. The van der Waals surface area contributed by atoms with Crippen molar-refractivity contribution in [2.45, 2.75) is 50.7 Å². The molecule has 2 saturated heterocycles. The third-order valence-electron chi connectivity index (χ3n) is 2.86. The van der Waals surface area contributed by atoms with Crippen LogP contribution in [0, 0.1) is 0 Å². The number of aliphatic hydroxyl groups is 1. The van der Waals surface area contributed by atoms with Crippen LogP contribution in [-0.4, -0.2) is 56.3 Å². The van der Waals surface area contributed by atoms with Crippen molar-refractivity contribution in [1.29, 1.82) is 0 Å². The van der Waals surface area contributed by atoms with Gasteiger partial charge in [-0.05, 0) is 20.8 Å². The van der Waals surface area contributed by atoms with Crippen molar-refractivity contribution in [2.75, 3.05) is 12.9 Å². The zero-order valence-corrected chi connectivity index (χ0v) is 11.6. The molecule has 3 unspecified atom stereocenters. The molecule has 4 atom stereocenters. The van der Waals surface area contributed by atoms with Crippen molar-refractivity contribution in [2.24, 2.45) is 0 Å². The summed E-state index contributed by atoms with van der Waals surface area (Å²) in [5.41, 5.74) is 0. The largest absolute Gasteiger partial charge is 0.364 e. The summed E-state index contributed by atoms with van der Waals surface area (Å²) in [6, 6.07) is 0. The van der Waals surface area contributed by atoms with Gasteiger partial charge in [0.05, 0.1) is 12.9 Å². The first-order valence-corrected chi connectivity index (χ1v) is 7.42. The predicted molar refractivity (Wildman–Crippen MR) is 60.1 cm³/mol. The molecule has 18 heavy (non-hydrogen) atoms.